The first kappa shape index (κ1) is 18.2. The molecule has 2 aliphatic carbocycles. The van der Waals surface area contributed by atoms with Crippen molar-refractivity contribution in [1.82, 2.24) is 0 Å². The Morgan fingerprint density at radius 3 is 1.47 bits per heavy atom. The molecule has 0 N–H and O–H groups in total. The van der Waals surface area contributed by atoms with Gasteiger partial charge in [0.15, 0.2) is 0 Å². The van der Waals surface area contributed by atoms with Gasteiger partial charge < -0.3 is 10.6 Å². The van der Waals surface area contributed by atoms with Gasteiger partial charge in [-0.15, -0.1) is 0 Å². The predicted octanol–water partition coefficient (Wildman–Crippen LogP) is 4.36. The first-order chi connectivity index (χ1) is 9.28. The topological polar surface area (TPSA) is 52.9 Å². The van der Waals surface area contributed by atoms with Crippen molar-refractivity contribution in [2.24, 2.45) is 6.99 Å². The second-order valence-electron chi connectivity index (χ2n) is 3.74. The summed E-state index contributed by atoms with van der Waals surface area (Å²) < 4.78 is 9.03. The maximum Gasteiger partial charge on any atom is -0.162 e. The molecular formula is C14H22N4W-2. The minimum Gasteiger partial charge on any atom is -0.668 e. The minimum atomic E-state index is -0.851. The molecular weight excluding hydrogens is 408 g/mol. The van der Waals surface area contributed by atoms with Gasteiger partial charge in [-0.2, -0.15) is 28.2 Å². The monoisotopic (exact) mass is 430 g/mol. The predicted molar refractivity (Wildman–Crippen MR) is 79.0 cm³/mol. The van der Waals surface area contributed by atoms with Crippen LogP contribution in [0, 0.1) is 0 Å². The molecule has 0 atom stereocenters. The van der Waals surface area contributed by atoms with Crippen LogP contribution in [0.15, 0.2) is 54.8 Å². The van der Waals surface area contributed by atoms with Gasteiger partial charge in [0.2, 0.25) is 0 Å². The van der Waals surface area contributed by atoms with E-state index in [1.165, 1.54) is 11.4 Å². The largest absolute Gasteiger partial charge is 0.668 e. The van der Waals surface area contributed by atoms with Crippen LogP contribution in [0.4, 0.5) is 0 Å². The second-order valence-corrected chi connectivity index (χ2v) is 5.64. The van der Waals surface area contributed by atoms with E-state index >= 15 is 0 Å². The molecule has 0 saturated heterocycles. The summed E-state index contributed by atoms with van der Waals surface area (Å²) in [7, 11) is 7.00. The van der Waals surface area contributed by atoms with Crippen molar-refractivity contribution >= 4 is 0 Å². The molecule has 0 spiro atoms. The maximum atomic E-state index is 4.52. The van der Waals surface area contributed by atoms with Gasteiger partial charge in [0.1, 0.15) is 0 Å². The standard InChI is InChI=1S/2C5H5N.2C2H6N.W/c2*6-5-3-1-2-4-5;2*1-3-2;/h2*1-3H,4H2;2*1-2H3;/q;;2*-1;. The number of hydrogen-bond acceptors (Lipinski definition) is 2. The van der Waals surface area contributed by atoms with Crippen LogP contribution < -0.4 is 0 Å². The quantitative estimate of drug-likeness (QED) is 0.626. The molecule has 0 saturated carbocycles. The molecule has 0 amide bonds. The molecule has 0 aromatic carbocycles. The Bertz CT molecular complexity index is 377. The van der Waals surface area contributed by atoms with Crippen molar-refractivity contribution in [1.29, 1.82) is 0 Å². The van der Waals surface area contributed by atoms with E-state index in [9.17, 15) is 0 Å². The Morgan fingerprint density at radius 2 is 1.21 bits per heavy atom. The molecule has 4 nitrogen and oxygen atoms in total. The van der Waals surface area contributed by atoms with Crippen LogP contribution in [-0.4, -0.2) is 28.2 Å². The van der Waals surface area contributed by atoms with Gasteiger partial charge in [-0.3, -0.25) is 0 Å². The fourth-order valence-electron chi connectivity index (χ4n) is 1.13. The molecule has 2 aliphatic rings. The zero-order valence-electron chi connectivity index (χ0n) is 12.1. The Balaban J connectivity index is 0.000000465. The van der Waals surface area contributed by atoms with Gasteiger partial charge in [0, 0.05) is 0 Å². The molecule has 0 aromatic heterocycles. The van der Waals surface area contributed by atoms with Crippen LogP contribution in [0.25, 0.3) is 10.6 Å². The number of hydrogen-bond donors (Lipinski definition) is 0. The molecule has 19 heavy (non-hydrogen) atoms. The maximum absolute atomic E-state index is 4.52. The molecule has 0 aromatic rings. The number of nitrogens with zero attached hydrogens (tertiary/aromatic N) is 4. The molecule has 0 bridgehead atoms. The Kier molecular flexibility index (Phi) is 13.0. The molecule has 0 aliphatic heterocycles. The van der Waals surface area contributed by atoms with E-state index in [-0.39, 0.29) is 0 Å². The summed E-state index contributed by atoms with van der Waals surface area (Å²) in [5, 5.41) is 7.00. The molecule has 0 unspecified atom stereocenters. The first-order valence-electron chi connectivity index (χ1n) is 6.04. The summed E-state index contributed by atoms with van der Waals surface area (Å²) >= 11 is -0.851. The molecule has 0 radical (unpaired) electrons. The summed E-state index contributed by atoms with van der Waals surface area (Å²) in [4.78, 5) is 0. The Hall–Kier alpha value is -0.832. The van der Waals surface area contributed by atoms with Crippen molar-refractivity contribution in [3.63, 3.8) is 0 Å². The SMILES string of the molecule is C1=CCC([N]=[W]=[N]C2=CC=CC2)=C1.C[N-]C.C[N-]C. The van der Waals surface area contributed by atoms with Gasteiger partial charge in [-0.05, 0) is 0 Å². The van der Waals surface area contributed by atoms with Crippen molar-refractivity contribution in [2.75, 3.05) is 28.2 Å². The fraction of sp³-hybridized carbons (Fsp3) is 0.429. The van der Waals surface area contributed by atoms with E-state index < -0.39 is 18.2 Å². The van der Waals surface area contributed by atoms with Crippen LogP contribution in [-0.2, 0) is 18.2 Å². The summed E-state index contributed by atoms with van der Waals surface area (Å²) in [5.74, 6) is 0. The van der Waals surface area contributed by atoms with Crippen molar-refractivity contribution in [3.05, 3.63) is 58.5 Å². The van der Waals surface area contributed by atoms with Gasteiger partial charge in [0.25, 0.3) is 0 Å². The number of allylic oxidation sites excluding steroid dienone is 6. The van der Waals surface area contributed by atoms with Crippen LogP contribution in [0.2, 0.25) is 0 Å². The van der Waals surface area contributed by atoms with Crippen LogP contribution in [0.1, 0.15) is 12.8 Å². The molecule has 2 rings (SSSR count). The normalized spacial score (nSPS) is 14.5. The average molecular weight is 430 g/mol. The van der Waals surface area contributed by atoms with E-state index in [4.69, 9.17) is 0 Å². The van der Waals surface area contributed by atoms with Crippen molar-refractivity contribution < 1.29 is 18.2 Å². The molecule has 0 fully saturated rings. The van der Waals surface area contributed by atoms with Crippen LogP contribution >= 0.6 is 0 Å². The fourth-order valence-corrected chi connectivity index (χ4v) is 3.01. The summed E-state index contributed by atoms with van der Waals surface area (Å²) in [5.41, 5.74) is 2.42. The van der Waals surface area contributed by atoms with E-state index in [1.807, 2.05) is 0 Å². The zero-order valence-corrected chi connectivity index (χ0v) is 15.0. The summed E-state index contributed by atoms with van der Waals surface area (Å²) in [6.45, 7) is 0. The van der Waals surface area contributed by atoms with Gasteiger partial charge >= 0.3 is 85.9 Å². The van der Waals surface area contributed by atoms with Gasteiger partial charge in [-0.25, -0.2) is 0 Å². The van der Waals surface area contributed by atoms with E-state index in [2.05, 4.69) is 54.1 Å². The molecule has 106 valence electrons. The van der Waals surface area contributed by atoms with Gasteiger partial charge in [0.05, 0.1) is 0 Å². The third-order valence-corrected chi connectivity index (χ3v) is 4.09. The summed E-state index contributed by atoms with van der Waals surface area (Å²) in [6.07, 6.45) is 14.6. The Labute approximate surface area is 125 Å². The first-order valence-corrected chi connectivity index (χ1v) is 8.66. The van der Waals surface area contributed by atoms with E-state index in [0.717, 1.165) is 12.8 Å². The van der Waals surface area contributed by atoms with Crippen LogP contribution in [0.3, 0.4) is 0 Å². The minimum absolute atomic E-state index is 0.851. The second kappa shape index (κ2) is 13.6. The molecule has 0 heterocycles. The van der Waals surface area contributed by atoms with Crippen LogP contribution in [0.5, 0.6) is 0 Å². The average Bonchev–Trinajstić information content (AvgIpc) is 3.04. The molecule has 5 heteroatoms. The zero-order chi connectivity index (χ0) is 14.3. The van der Waals surface area contributed by atoms with E-state index in [0.29, 0.717) is 0 Å². The van der Waals surface area contributed by atoms with Gasteiger partial charge in [-0.1, -0.05) is 0 Å². The third-order valence-electron chi connectivity index (χ3n) is 1.82. The van der Waals surface area contributed by atoms with E-state index in [1.54, 1.807) is 28.2 Å². The third kappa shape index (κ3) is 10.8. The number of rotatable bonds is 2. The smallest absolute Gasteiger partial charge is 0.162 e. The van der Waals surface area contributed by atoms with Crippen molar-refractivity contribution in [2.45, 2.75) is 12.8 Å². The van der Waals surface area contributed by atoms with Crippen molar-refractivity contribution in [3.8, 4) is 0 Å². The summed E-state index contributed by atoms with van der Waals surface area (Å²) in [6, 6.07) is 0. The Morgan fingerprint density at radius 1 is 0.842 bits per heavy atom.